The molecule has 0 saturated carbocycles. The molecular formula is C18H21ClN2O3. The van der Waals surface area contributed by atoms with E-state index >= 15 is 0 Å². The Labute approximate surface area is 146 Å². The Balaban J connectivity index is 1.92. The summed E-state index contributed by atoms with van der Waals surface area (Å²) >= 11 is 6.07. The molecule has 3 N–H and O–H groups in total. The summed E-state index contributed by atoms with van der Waals surface area (Å²) in [6.07, 6.45) is 0.450. The first-order valence-electron chi connectivity index (χ1n) is 7.66. The van der Waals surface area contributed by atoms with Crippen molar-refractivity contribution in [2.24, 2.45) is 0 Å². The molecule has 0 saturated heterocycles. The number of nitrogens with one attached hydrogen (secondary N) is 2. The molecule has 1 atom stereocenters. The average molecular weight is 349 g/mol. The minimum atomic E-state index is -0.302. The summed E-state index contributed by atoms with van der Waals surface area (Å²) in [6, 6.07) is 14.4. The summed E-state index contributed by atoms with van der Waals surface area (Å²) < 4.78 is 5.10. The minimum absolute atomic E-state index is 0.00602. The number of amides is 2. The summed E-state index contributed by atoms with van der Waals surface area (Å²) in [5.41, 5.74) is 1.82. The van der Waals surface area contributed by atoms with Gasteiger partial charge in [-0.25, -0.2) is 4.79 Å². The molecule has 0 aliphatic carbocycles. The van der Waals surface area contributed by atoms with Crippen LogP contribution in [0.25, 0.3) is 0 Å². The quantitative estimate of drug-likeness (QED) is 0.719. The zero-order chi connectivity index (χ0) is 17.4. The van der Waals surface area contributed by atoms with Crippen LogP contribution in [0.2, 0.25) is 5.02 Å². The van der Waals surface area contributed by atoms with E-state index in [0.29, 0.717) is 23.7 Å². The van der Waals surface area contributed by atoms with Crippen LogP contribution in [0, 0.1) is 0 Å². The molecule has 0 spiro atoms. The number of aliphatic hydroxyl groups is 1. The van der Waals surface area contributed by atoms with Crippen LogP contribution in [0.1, 0.15) is 23.6 Å². The maximum Gasteiger partial charge on any atom is 0.315 e. The van der Waals surface area contributed by atoms with E-state index in [1.165, 1.54) is 0 Å². The molecule has 0 radical (unpaired) electrons. The number of methoxy groups -OCH3 is 1. The molecule has 0 heterocycles. The molecule has 0 aromatic heterocycles. The number of carbonyl (C=O) groups is 1. The van der Waals surface area contributed by atoms with Gasteiger partial charge >= 0.3 is 6.03 Å². The van der Waals surface area contributed by atoms with Gasteiger partial charge in [-0.05, 0) is 29.7 Å². The molecule has 128 valence electrons. The van der Waals surface area contributed by atoms with Crippen LogP contribution in [-0.4, -0.2) is 24.9 Å². The third-order valence-electron chi connectivity index (χ3n) is 3.59. The highest BCUT2D eigenvalue weighted by molar-refractivity contribution is 6.32. The molecule has 2 amide bonds. The molecule has 2 aromatic rings. The Kier molecular flexibility index (Phi) is 6.90. The number of carbonyl (C=O) groups excluding carboxylic acids is 1. The molecule has 0 bridgehead atoms. The molecule has 2 rings (SSSR count). The maximum atomic E-state index is 12.1. The maximum absolute atomic E-state index is 12.1. The Morgan fingerprint density at radius 1 is 1.25 bits per heavy atom. The van der Waals surface area contributed by atoms with Gasteiger partial charge in [-0.15, -0.1) is 0 Å². The fraction of sp³-hybridized carbons (Fsp3) is 0.278. The van der Waals surface area contributed by atoms with Crippen LogP contribution >= 0.6 is 11.6 Å². The van der Waals surface area contributed by atoms with Crippen LogP contribution in [-0.2, 0) is 6.54 Å². The smallest absolute Gasteiger partial charge is 0.315 e. The second-order valence-electron chi connectivity index (χ2n) is 5.27. The van der Waals surface area contributed by atoms with Crippen LogP contribution in [0.15, 0.2) is 48.5 Å². The lowest BCUT2D eigenvalue weighted by molar-refractivity contribution is 0.229. The lowest BCUT2D eigenvalue weighted by Gasteiger charge is -2.19. The van der Waals surface area contributed by atoms with Crippen molar-refractivity contribution in [3.05, 3.63) is 64.7 Å². The van der Waals surface area contributed by atoms with Gasteiger partial charge in [0.2, 0.25) is 0 Å². The SMILES string of the molecule is COc1ccc(CNC(=O)N[C@H](CCO)c2ccccc2)cc1Cl. The third-order valence-corrected chi connectivity index (χ3v) is 3.89. The van der Waals surface area contributed by atoms with E-state index in [1.54, 1.807) is 19.2 Å². The largest absolute Gasteiger partial charge is 0.495 e. The number of urea groups is 1. The van der Waals surface area contributed by atoms with Gasteiger partial charge in [0.25, 0.3) is 0 Å². The van der Waals surface area contributed by atoms with Gasteiger partial charge in [-0.1, -0.05) is 48.0 Å². The Bertz CT molecular complexity index is 665. The molecule has 2 aromatic carbocycles. The van der Waals surface area contributed by atoms with Crippen molar-refractivity contribution in [2.75, 3.05) is 13.7 Å². The van der Waals surface area contributed by atoms with E-state index in [0.717, 1.165) is 11.1 Å². The first-order valence-corrected chi connectivity index (χ1v) is 8.04. The predicted octanol–water partition coefficient (Wildman–Crippen LogP) is 3.27. The monoisotopic (exact) mass is 348 g/mol. The summed E-state index contributed by atoms with van der Waals surface area (Å²) in [4.78, 5) is 12.1. The van der Waals surface area contributed by atoms with Crippen LogP contribution in [0.5, 0.6) is 5.75 Å². The predicted molar refractivity (Wildman–Crippen MR) is 94.3 cm³/mol. The van der Waals surface area contributed by atoms with E-state index in [2.05, 4.69) is 10.6 Å². The molecule has 5 nitrogen and oxygen atoms in total. The van der Waals surface area contributed by atoms with Crippen molar-refractivity contribution in [2.45, 2.75) is 19.0 Å². The summed E-state index contributed by atoms with van der Waals surface area (Å²) in [5.74, 6) is 0.594. The van der Waals surface area contributed by atoms with Crippen LogP contribution in [0.3, 0.4) is 0 Å². The molecule has 0 fully saturated rings. The second-order valence-corrected chi connectivity index (χ2v) is 5.68. The zero-order valence-electron chi connectivity index (χ0n) is 13.5. The first-order chi connectivity index (χ1) is 11.6. The summed E-state index contributed by atoms with van der Waals surface area (Å²) in [5, 5.41) is 15.4. The number of rotatable bonds is 7. The van der Waals surface area contributed by atoms with Crippen molar-refractivity contribution in [3.63, 3.8) is 0 Å². The van der Waals surface area contributed by atoms with E-state index < -0.39 is 0 Å². The fourth-order valence-electron chi connectivity index (χ4n) is 2.35. The Morgan fingerprint density at radius 2 is 2.00 bits per heavy atom. The van der Waals surface area contributed by atoms with Crippen molar-refractivity contribution >= 4 is 17.6 Å². The molecule has 24 heavy (non-hydrogen) atoms. The number of benzene rings is 2. The standard InChI is InChI=1S/C18H21ClN2O3/c1-24-17-8-7-13(11-15(17)19)12-20-18(23)21-16(9-10-22)14-5-3-2-4-6-14/h2-8,11,16,22H,9-10,12H2,1H3,(H2,20,21,23)/t16-/m1/s1. The number of halogens is 1. The first kappa shape index (κ1) is 18.1. The fourth-order valence-corrected chi connectivity index (χ4v) is 2.63. The van der Waals surface area contributed by atoms with E-state index in [-0.39, 0.29) is 18.7 Å². The molecule has 6 heteroatoms. The number of hydrogen-bond donors (Lipinski definition) is 3. The van der Waals surface area contributed by atoms with Crippen molar-refractivity contribution in [3.8, 4) is 5.75 Å². The highest BCUT2D eigenvalue weighted by atomic mass is 35.5. The summed E-state index contributed by atoms with van der Waals surface area (Å²) in [6.45, 7) is 0.337. The molecule has 0 aliphatic rings. The highest BCUT2D eigenvalue weighted by Gasteiger charge is 2.13. The van der Waals surface area contributed by atoms with Gasteiger partial charge in [0.15, 0.2) is 0 Å². The number of aliphatic hydroxyl groups excluding tert-OH is 1. The molecular weight excluding hydrogens is 328 g/mol. The van der Waals surface area contributed by atoms with E-state index in [9.17, 15) is 9.90 Å². The average Bonchev–Trinajstić information content (AvgIpc) is 2.60. The van der Waals surface area contributed by atoms with Crippen molar-refractivity contribution < 1.29 is 14.6 Å². The zero-order valence-corrected chi connectivity index (χ0v) is 14.2. The van der Waals surface area contributed by atoms with Gasteiger partial charge in [-0.2, -0.15) is 0 Å². The van der Waals surface area contributed by atoms with E-state index in [1.807, 2.05) is 36.4 Å². The Morgan fingerprint density at radius 3 is 2.62 bits per heavy atom. The molecule has 0 unspecified atom stereocenters. The van der Waals surface area contributed by atoms with Gasteiger partial charge < -0.3 is 20.5 Å². The van der Waals surface area contributed by atoms with Gasteiger partial charge in [0.1, 0.15) is 5.75 Å². The van der Waals surface area contributed by atoms with Gasteiger partial charge in [0, 0.05) is 13.2 Å². The minimum Gasteiger partial charge on any atom is -0.495 e. The van der Waals surface area contributed by atoms with Crippen molar-refractivity contribution in [1.29, 1.82) is 0 Å². The summed E-state index contributed by atoms with van der Waals surface area (Å²) in [7, 11) is 1.55. The van der Waals surface area contributed by atoms with Crippen LogP contribution in [0.4, 0.5) is 4.79 Å². The lowest BCUT2D eigenvalue weighted by Crippen LogP contribution is -2.38. The number of hydrogen-bond acceptors (Lipinski definition) is 3. The normalized spacial score (nSPS) is 11.6. The topological polar surface area (TPSA) is 70.6 Å². The lowest BCUT2D eigenvalue weighted by atomic mass is 10.0. The molecule has 0 aliphatic heterocycles. The third kappa shape index (κ3) is 5.15. The van der Waals surface area contributed by atoms with Crippen molar-refractivity contribution in [1.82, 2.24) is 10.6 Å². The van der Waals surface area contributed by atoms with Gasteiger partial charge in [-0.3, -0.25) is 0 Å². The Hall–Kier alpha value is -2.24. The highest BCUT2D eigenvalue weighted by Crippen LogP contribution is 2.24. The second kappa shape index (κ2) is 9.15. The van der Waals surface area contributed by atoms with E-state index in [4.69, 9.17) is 16.3 Å². The van der Waals surface area contributed by atoms with Gasteiger partial charge in [0.05, 0.1) is 18.2 Å². The van der Waals surface area contributed by atoms with Crippen LogP contribution < -0.4 is 15.4 Å². The number of ether oxygens (including phenoxy) is 1.